The molecule has 4 aromatic rings. The quantitative estimate of drug-likeness (QED) is 0.185. The van der Waals surface area contributed by atoms with Crippen LogP contribution in [0.5, 0.6) is 0 Å². The van der Waals surface area contributed by atoms with E-state index in [4.69, 9.17) is 11.6 Å². The van der Waals surface area contributed by atoms with Gasteiger partial charge in [-0.1, -0.05) is 41.6 Å². The summed E-state index contributed by atoms with van der Waals surface area (Å²) in [5.41, 5.74) is 0.0236. The first-order chi connectivity index (χ1) is 15.2. The lowest BCUT2D eigenvalue weighted by Crippen LogP contribution is -2.18. The van der Waals surface area contributed by atoms with Crippen LogP contribution in [0.3, 0.4) is 0 Å². The van der Waals surface area contributed by atoms with E-state index >= 15 is 0 Å². The van der Waals surface area contributed by atoms with Gasteiger partial charge in [0, 0.05) is 10.9 Å². The van der Waals surface area contributed by atoms with Crippen LogP contribution in [-0.4, -0.2) is 21.6 Å². The number of nitrogens with one attached hydrogen (secondary N) is 1. The molecule has 0 unspecified atom stereocenters. The second kappa shape index (κ2) is 9.05. The molecule has 0 fully saturated rings. The molecule has 1 N–H and O–H groups in total. The van der Waals surface area contributed by atoms with Crippen LogP contribution in [0.4, 0.5) is 23.2 Å². The molecule has 4 nitrogen and oxygen atoms in total. The van der Waals surface area contributed by atoms with Crippen LogP contribution in [0.1, 0.15) is 5.56 Å². The standard InChI is InChI=1S/C21H12ClF4N3OS2/c22-15-3-1-2-14(21(24,25)26)18(15)29-16(30)9-32-20-17-13(8-31-19(17)27-10-28-20)11-4-6-12(23)7-5-11/h1-8,10H,9H2,(H,29,30). The van der Waals surface area contributed by atoms with Crippen molar-refractivity contribution in [2.45, 2.75) is 11.2 Å². The predicted octanol–water partition coefficient (Wildman–Crippen LogP) is 6.90. The molecule has 2 heterocycles. The molecule has 2 aromatic carbocycles. The Bertz CT molecular complexity index is 1290. The minimum Gasteiger partial charge on any atom is -0.324 e. The maximum Gasteiger partial charge on any atom is 0.418 e. The molecule has 32 heavy (non-hydrogen) atoms. The van der Waals surface area contributed by atoms with Crippen molar-refractivity contribution in [3.8, 4) is 11.1 Å². The number of amides is 1. The van der Waals surface area contributed by atoms with Gasteiger partial charge in [0.1, 0.15) is 22.0 Å². The summed E-state index contributed by atoms with van der Waals surface area (Å²) >= 11 is 8.32. The van der Waals surface area contributed by atoms with Gasteiger partial charge < -0.3 is 5.32 Å². The van der Waals surface area contributed by atoms with Gasteiger partial charge in [0.2, 0.25) is 5.91 Å². The average Bonchev–Trinajstić information content (AvgIpc) is 3.18. The monoisotopic (exact) mass is 497 g/mol. The molecular weight excluding hydrogens is 486 g/mol. The Morgan fingerprint density at radius 2 is 1.88 bits per heavy atom. The third kappa shape index (κ3) is 4.72. The SMILES string of the molecule is O=C(CSc1ncnc2scc(-c3ccc(F)cc3)c12)Nc1c(Cl)cccc1C(F)(F)F. The highest BCUT2D eigenvalue weighted by Crippen LogP contribution is 2.40. The smallest absolute Gasteiger partial charge is 0.324 e. The van der Waals surface area contributed by atoms with Gasteiger partial charge in [0.25, 0.3) is 0 Å². The molecule has 4 rings (SSSR count). The van der Waals surface area contributed by atoms with E-state index in [1.807, 2.05) is 5.38 Å². The Hall–Kier alpha value is -2.69. The van der Waals surface area contributed by atoms with Crippen LogP contribution in [0.15, 0.2) is 59.2 Å². The predicted molar refractivity (Wildman–Crippen MR) is 119 cm³/mol. The Kier molecular flexibility index (Phi) is 6.36. The fraction of sp³-hybridized carbons (Fsp3) is 0.0952. The van der Waals surface area contributed by atoms with Crippen molar-refractivity contribution in [2.24, 2.45) is 0 Å². The number of thiophene rings is 1. The Balaban J connectivity index is 1.58. The number of alkyl halides is 3. The van der Waals surface area contributed by atoms with Gasteiger partial charge in [-0.05, 0) is 29.8 Å². The summed E-state index contributed by atoms with van der Waals surface area (Å²) in [7, 11) is 0. The van der Waals surface area contributed by atoms with E-state index in [1.165, 1.54) is 41.9 Å². The molecule has 2 aromatic heterocycles. The molecule has 0 bridgehead atoms. The van der Waals surface area contributed by atoms with Gasteiger partial charge in [-0.25, -0.2) is 14.4 Å². The summed E-state index contributed by atoms with van der Waals surface area (Å²) in [5.74, 6) is -1.24. The molecule has 0 radical (unpaired) electrons. The first-order valence-electron chi connectivity index (χ1n) is 9.00. The van der Waals surface area contributed by atoms with Gasteiger partial charge in [0.15, 0.2) is 0 Å². The molecule has 0 aliphatic heterocycles. The Labute approximate surface area is 192 Å². The zero-order valence-corrected chi connectivity index (χ0v) is 18.3. The van der Waals surface area contributed by atoms with E-state index in [0.717, 1.165) is 29.0 Å². The molecule has 164 valence electrons. The lowest BCUT2D eigenvalue weighted by Gasteiger charge is -2.15. The van der Waals surface area contributed by atoms with Crippen LogP contribution < -0.4 is 5.32 Å². The zero-order valence-electron chi connectivity index (χ0n) is 15.9. The summed E-state index contributed by atoms with van der Waals surface area (Å²) in [6.45, 7) is 0. The van der Waals surface area contributed by atoms with Crippen LogP contribution in [0.25, 0.3) is 21.3 Å². The highest BCUT2D eigenvalue weighted by molar-refractivity contribution is 8.00. The first kappa shape index (κ1) is 22.5. The van der Waals surface area contributed by atoms with E-state index in [1.54, 1.807) is 12.1 Å². The Morgan fingerprint density at radius 1 is 1.12 bits per heavy atom. The molecule has 0 aliphatic carbocycles. The number of hydrogen-bond donors (Lipinski definition) is 1. The normalized spacial score (nSPS) is 11.7. The van der Waals surface area contributed by atoms with Crippen molar-refractivity contribution in [3.63, 3.8) is 0 Å². The second-order valence-corrected chi connectivity index (χ2v) is 8.74. The Morgan fingerprint density at radius 3 is 2.59 bits per heavy atom. The maximum atomic E-state index is 13.3. The van der Waals surface area contributed by atoms with Crippen molar-refractivity contribution in [1.29, 1.82) is 0 Å². The minimum atomic E-state index is -4.67. The van der Waals surface area contributed by atoms with Crippen molar-refractivity contribution < 1.29 is 22.4 Å². The van der Waals surface area contributed by atoms with Gasteiger partial charge in [-0.3, -0.25) is 4.79 Å². The van der Waals surface area contributed by atoms with E-state index < -0.39 is 23.3 Å². The molecule has 1 amide bonds. The van der Waals surface area contributed by atoms with Crippen molar-refractivity contribution in [1.82, 2.24) is 9.97 Å². The number of aromatic nitrogens is 2. The van der Waals surface area contributed by atoms with Crippen molar-refractivity contribution in [2.75, 3.05) is 11.1 Å². The highest BCUT2D eigenvalue weighted by atomic mass is 35.5. The summed E-state index contributed by atoms with van der Waals surface area (Å²) in [4.78, 5) is 21.6. The largest absolute Gasteiger partial charge is 0.418 e. The van der Waals surface area contributed by atoms with Gasteiger partial charge >= 0.3 is 6.18 Å². The fourth-order valence-electron chi connectivity index (χ4n) is 3.00. The molecule has 0 spiro atoms. The van der Waals surface area contributed by atoms with E-state index in [9.17, 15) is 22.4 Å². The van der Waals surface area contributed by atoms with Gasteiger partial charge in [-0.2, -0.15) is 13.2 Å². The van der Waals surface area contributed by atoms with Crippen molar-refractivity contribution >= 4 is 56.5 Å². The van der Waals surface area contributed by atoms with Crippen LogP contribution in [0.2, 0.25) is 5.02 Å². The second-order valence-electron chi connectivity index (χ2n) is 6.51. The number of benzene rings is 2. The van der Waals surface area contributed by atoms with Gasteiger partial charge in [0.05, 0.1) is 27.4 Å². The molecule has 0 saturated heterocycles. The zero-order chi connectivity index (χ0) is 22.9. The topological polar surface area (TPSA) is 54.9 Å². The number of halogens is 5. The maximum absolute atomic E-state index is 13.3. The third-order valence-corrected chi connectivity index (χ3v) is 6.60. The molecule has 0 aliphatic rings. The highest BCUT2D eigenvalue weighted by Gasteiger charge is 2.34. The third-order valence-electron chi connectivity index (χ3n) is 4.41. The number of para-hydroxylation sites is 1. The van der Waals surface area contributed by atoms with Crippen LogP contribution >= 0.6 is 34.7 Å². The number of nitrogens with zero attached hydrogens (tertiary/aromatic N) is 2. The lowest BCUT2D eigenvalue weighted by molar-refractivity contribution is -0.137. The first-order valence-corrected chi connectivity index (χ1v) is 11.2. The molecule has 0 saturated carbocycles. The number of thioether (sulfide) groups is 1. The summed E-state index contributed by atoms with van der Waals surface area (Å²) in [6, 6.07) is 9.22. The number of anilines is 1. The summed E-state index contributed by atoms with van der Waals surface area (Å²) in [5, 5.41) is 5.08. The average molecular weight is 498 g/mol. The summed E-state index contributed by atoms with van der Waals surface area (Å²) in [6.07, 6.45) is -3.32. The van der Waals surface area contributed by atoms with Crippen LogP contribution in [-0.2, 0) is 11.0 Å². The fourth-order valence-corrected chi connectivity index (χ4v) is 5.01. The van der Waals surface area contributed by atoms with E-state index in [0.29, 0.717) is 15.2 Å². The van der Waals surface area contributed by atoms with E-state index in [-0.39, 0.29) is 16.6 Å². The van der Waals surface area contributed by atoms with Gasteiger partial charge in [-0.15, -0.1) is 11.3 Å². The summed E-state index contributed by atoms with van der Waals surface area (Å²) < 4.78 is 53.0. The number of carbonyl (C=O) groups is 1. The van der Waals surface area contributed by atoms with E-state index in [2.05, 4.69) is 15.3 Å². The number of rotatable bonds is 5. The molecule has 11 heteroatoms. The number of fused-ring (bicyclic) bond motifs is 1. The molecule has 0 atom stereocenters. The number of carbonyl (C=O) groups excluding carboxylic acids is 1. The number of hydrogen-bond acceptors (Lipinski definition) is 5. The minimum absolute atomic E-state index is 0.201. The lowest BCUT2D eigenvalue weighted by atomic mass is 10.1. The van der Waals surface area contributed by atoms with Crippen LogP contribution in [0, 0.1) is 5.82 Å². The van der Waals surface area contributed by atoms with Crippen molar-refractivity contribution in [3.05, 3.63) is 70.6 Å². The molecular formula is C21H12ClF4N3OS2.